The molecule has 0 radical (unpaired) electrons. The third kappa shape index (κ3) is 6.76. The lowest BCUT2D eigenvalue weighted by Crippen LogP contribution is -2.48. The van der Waals surface area contributed by atoms with Crippen molar-refractivity contribution in [1.82, 2.24) is 10.6 Å². The van der Waals surface area contributed by atoms with Gasteiger partial charge in [0.25, 0.3) is 5.91 Å². The van der Waals surface area contributed by atoms with Gasteiger partial charge >= 0.3 is 6.36 Å². The van der Waals surface area contributed by atoms with Crippen LogP contribution < -0.4 is 15.4 Å². The summed E-state index contributed by atoms with van der Waals surface area (Å²) in [5, 5.41) is 13.6. The SMILES string of the molecule is N#CCNC(=O)[C@H](CC1CCCCC1)NC(=O)c1ccccc1OC(F)(F)F. The van der Waals surface area contributed by atoms with Crippen molar-refractivity contribution in [3.05, 3.63) is 29.8 Å². The topological polar surface area (TPSA) is 91.2 Å². The molecule has 152 valence electrons. The molecule has 2 amide bonds. The fraction of sp³-hybridized carbons (Fsp3) is 0.526. The first-order valence-corrected chi connectivity index (χ1v) is 9.10. The van der Waals surface area contributed by atoms with Gasteiger partial charge in [0.15, 0.2) is 0 Å². The van der Waals surface area contributed by atoms with Gasteiger partial charge in [-0.05, 0) is 24.5 Å². The highest BCUT2D eigenvalue weighted by atomic mass is 19.4. The quantitative estimate of drug-likeness (QED) is 0.691. The van der Waals surface area contributed by atoms with E-state index in [9.17, 15) is 22.8 Å². The second-order valence-electron chi connectivity index (χ2n) is 6.69. The Kier molecular flexibility index (Phi) is 7.67. The van der Waals surface area contributed by atoms with E-state index in [1.807, 2.05) is 0 Å². The van der Waals surface area contributed by atoms with Crippen LogP contribution in [0, 0.1) is 17.2 Å². The van der Waals surface area contributed by atoms with Gasteiger partial charge in [0.2, 0.25) is 5.91 Å². The third-order valence-corrected chi connectivity index (χ3v) is 4.61. The minimum absolute atomic E-state index is 0.219. The first kappa shape index (κ1) is 21.5. The molecule has 1 aromatic carbocycles. The highest BCUT2D eigenvalue weighted by Gasteiger charge is 2.33. The molecule has 1 saturated carbocycles. The van der Waals surface area contributed by atoms with Crippen LogP contribution in [0.1, 0.15) is 48.9 Å². The highest BCUT2D eigenvalue weighted by molar-refractivity contribution is 5.99. The number of alkyl halides is 3. The van der Waals surface area contributed by atoms with Crippen molar-refractivity contribution < 1.29 is 27.5 Å². The summed E-state index contributed by atoms with van der Waals surface area (Å²) in [6, 6.07) is 5.80. The van der Waals surface area contributed by atoms with E-state index in [1.54, 1.807) is 6.07 Å². The maximum atomic E-state index is 12.6. The van der Waals surface area contributed by atoms with E-state index in [4.69, 9.17) is 5.26 Å². The van der Waals surface area contributed by atoms with Crippen molar-refractivity contribution >= 4 is 11.8 Å². The summed E-state index contributed by atoms with van der Waals surface area (Å²) in [7, 11) is 0. The van der Waals surface area contributed by atoms with Gasteiger partial charge in [0, 0.05) is 0 Å². The summed E-state index contributed by atoms with van der Waals surface area (Å²) >= 11 is 0. The first-order chi connectivity index (χ1) is 13.3. The zero-order valence-corrected chi connectivity index (χ0v) is 15.2. The van der Waals surface area contributed by atoms with Crippen LogP contribution in [0.25, 0.3) is 0 Å². The molecule has 1 aliphatic carbocycles. The van der Waals surface area contributed by atoms with E-state index < -0.39 is 30.0 Å². The number of halogens is 3. The van der Waals surface area contributed by atoms with Gasteiger partial charge in [-0.2, -0.15) is 5.26 Å². The van der Waals surface area contributed by atoms with Gasteiger partial charge < -0.3 is 15.4 Å². The maximum Gasteiger partial charge on any atom is 0.573 e. The summed E-state index contributed by atoms with van der Waals surface area (Å²) in [6.07, 6.45) is 0.460. The average Bonchev–Trinajstić information content (AvgIpc) is 2.65. The number of ether oxygens (including phenoxy) is 1. The van der Waals surface area contributed by atoms with Gasteiger partial charge in [0.05, 0.1) is 11.6 Å². The van der Waals surface area contributed by atoms with E-state index in [2.05, 4.69) is 15.4 Å². The Morgan fingerprint density at radius 1 is 1.21 bits per heavy atom. The number of carbonyl (C=O) groups is 2. The molecule has 0 aromatic heterocycles. The number of hydrogen-bond acceptors (Lipinski definition) is 4. The van der Waals surface area contributed by atoms with E-state index in [-0.39, 0.29) is 18.0 Å². The Morgan fingerprint density at radius 2 is 1.89 bits per heavy atom. The number of benzene rings is 1. The fourth-order valence-corrected chi connectivity index (χ4v) is 3.34. The first-order valence-electron chi connectivity index (χ1n) is 9.10. The number of rotatable bonds is 7. The summed E-state index contributed by atoms with van der Waals surface area (Å²) < 4.78 is 41.6. The Hall–Kier alpha value is -2.76. The van der Waals surface area contributed by atoms with Crippen LogP contribution in [0.2, 0.25) is 0 Å². The third-order valence-electron chi connectivity index (χ3n) is 4.61. The number of nitrogens with one attached hydrogen (secondary N) is 2. The lowest BCUT2D eigenvalue weighted by atomic mass is 9.84. The normalized spacial score (nSPS) is 15.9. The Labute approximate surface area is 161 Å². The second-order valence-corrected chi connectivity index (χ2v) is 6.69. The summed E-state index contributed by atoms with van der Waals surface area (Å²) in [4.78, 5) is 24.9. The monoisotopic (exact) mass is 397 g/mol. The molecule has 0 unspecified atom stereocenters. The fourth-order valence-electron chi connectivity index (χ4n) is 3.34. The molecule has 0 aliphatic heterocycles. The summed E-state index contributed by atoms with van der Waals surface area (Å²) in [5.74, 6) is -1.78. The molecule has 0 spiro atoms. The standard InChI is InChI=1S/C19H22F3N3O3/c20-19(21,22)28-16-9-5-4-8-14(16)17(26)25-15(18(27)24-11-10-23)12-13-6-2-1-3-7-13/h4-5,8-9,13,15H,1-3,6-7,11-12H2,(H,24,27)(H,25,26)/t15-/m0/s1. The predicted octanol–water partition coefficient (Wildman–Crippen LogP) is 3.29. The van der Waals surface area contributed by atoms with Gasteiger partial charge in [-0.1, -0.05) is 44.2 Å². The van der Waals surface area contributed by atoms with Crippen LogP contribution in [0.15, 0.2) is 24.3 Å². The van der Waals surface area contributed by atoms with Crippen molar-refractivity contribution in [3.8, 4) is 11.8 Å². The summed E-state index contributed by atoms with van der Waals surface area (Å²) in [5.41, 5.74) is -0.318. The molecular formula is C19H22F3N3O3. The molecule has 2 N–H and O–H groups in total. The van der Waals surface area contributed by atoms with Crippen LogP contribution in [-0.4, -0.2) is 30.8 Å². The predicted molar refractivity (Wildman–Crippen MR) is 94.2 cm³/mol. The number of nitrogens with zero attached hydrogens (tertiary/aromatic N) is 1. The lowest BCUT2D eigenvalue weighted by molar-refractivity contribution is -0.274. The van der Waals surface area contributed by atoms with Crippen LogP contribution in [0.3, 0.4) is 0 Å². The van der Waals surface area contributed by atoms with Crippen molar-refractivity contribution in [2.45, 2.75) is 50.9 Å². The minimum atomic E-state index is -4.94. The number of carbonyl (C=O) groups excluding carboxylic acids is 2. The Morgan fingerprint density at radius 3 is 2.54 bits per heavy atom. The van der Waals surface area contributed by atoms with Crippen molar-refractivity contribution in [2.75, 3.05) is 6.54 Å². The van der Waals surface area contributed by atoms with E-state index >= 15 is 0 Å². The van der Waals surface area contributed by atoms with E-state index in [0.29, 0.717) is 6.42 Å². The molecule has 0 heterocycles. The molecule has 1 aliphatic rings. The molecule has 9 heteroatoms. The van der Waals surface area contributed by atoms with Gasteiger partial charge in [-0.3, -0.25) is 9.59 Å². The van der Waals surface area contributed by atoms with Gasteiger partial charge in [-0.25, -0.2) is 0 Å². The molecule has 6 nitrogen and oxygen atoms in total. The molecule has 0 bridgehead atoms. The van der Waals surface area contributed by atoms with Crippen LogP contribution in [0.4, 0.5) is 13.2 Å². The molecule has 1 atom stereocenters. The molecule has 0 saturated heterocycles. The Balaban J connectivity index is 2.15. The molecule has 28 heavy (non-hydrogen) atoms. The number of hydrogen-bond donors (Lipinski definition) is 2. The molecular weight excluding hydrogens is 375 g/mol. The lowest BCUT2D eigenvalue weighted by Gasteiger charge is -2.26. The molecule has 1 aromatic rings. The zero-order chi connectivity index (χ0) is 20.6. The van der Waals surface area contributed by atoms with Crippen LogP contribution in [0.5, 0.6) is 5.75 Å². The van der Waals surface area contributed by atoms with E-state index in [1.165, 1.54) is 18.2 Å². The van der Waals surface area contributed by atoms with Crippen molar-refractivity contribution in [1.29, 1.82) is 5.26 Å². The van der Waals surface area contributed by atoms with E-state index in [0.717, 1.165) is 38.2 Å². The number of amides is 2. The highest BCUT2D eigenvalue weighted by Crippen LogP contribution is 2.29. The van der Waals surface area contributed by atoms with Crippen molar-refractivity contribution in [2.24, 2.45) is 5.92 Å². The minimum Gasteiger partial charge on any atom is -0.405 e. The van der Waals surface area contributed by atoms with Crippen LogP contribution >= 0.6 is 0 Å². The van der Waals surface area contributed by atoms with Gasteiger partial charge in [0.1, 0.15) is 18.3 Å². The molecule has 1 fully saturated rings. The zero-order valence-electron chi connectivity index (χ0n) is 15.2. The number of nitriles is 1. The van der Waals surface area contributed by atoms with Gasteiger partial charge in [-0.15, -0.1) is 13.2 Å². The summed E-state index contributed by atoms with van der Waals surface area (Å²) in [6.45, 7) is -0.219. The smallest absolute Gasteiger partial charge is 0.405 e. The largest absolute Gasteiger partial charge is 0.573 e. The van der Waals surface area contributed by atoms with Crippen LogP contribution in [-0.2, 0) is 4.79 Å². The Bertz CT molecular complexity index is 725. The average molecular weight is 397 g/mol. The number of para-hydroxylation sites is 1. The molecule has 2 rings (SSSR count). The van der Waals surface area contributed by atoms with Crippen molar-refractivity contribution in [3.63, 3.8) is 0 Å². The maximum absolute atomic E-state index is 12.6. The second kappa shape index (κ2) is 9.97.